The van der Waals surface area contributed by atoms with Crippen molar-refractivity contribution in [2.45, 2.75) is 26.4 Å². The Morgan fingerprint density at radius 2 is 1.38 bits per heavy atom. The molecule has 4 nitrogen and oxygen atoms in total. The van der Waals surface area contributed by atoms with Gasteiger partial charge in [-0.15, -0.1) is 0 Å². The second kappa shape index (κ2) is 10.8. The number of aliphatic hydroxyl groups excluding tert-OH is 2. The van der Waals surface area contributed by atoms with Crippen molar-refractivity contribution in [1.82, 2.24) is 0 Å². The highest BCUT2D eigenvalue weighted by atomic mass is 16.5. The van der Waals surface area contributed by atoms with E-state index in [2.05, 4.69) is 23.7 Å². The molecule has 0 unspecified atom stereocenters. The van der Waals surface area contributed by atoms with E-state index in [9.17, 15) is 10.2 Å². The van der Waals surface area contributed by atoms with E-state index in [-0.39, 0.29) is 26.4 Å². The summed E-state index contributed by atoms with van der Waals surface area (Å²) < 4.78 is 11.3. The Balaban J connectivity index is 1.58. The van der Waals surface area contributed by atoms with Gasteiger partial charge < -0.3 is 19.7 Å². The van der Waals surface area contributed by atoms with Crippen LogP contribution >= 0.6 is 0 Å². The van der Waals surface area contributed by atoms with Crippen LogP contribution in [0.5, 0.6) is 0 Å². The lowest BCUT2D eigenvalue weighted by atomic mass is 9.85. The first-order chi connectivity index (χ1) is 15.8. The fourth-order valence-corrected chi connectivity index (χ4v) is 3.93. The molecule has 0 aromatic heterocycles. The van der Waals surface area contributed by atoms with Gasteiger partial charge in [0, 0.05) is 11.1 Å². The van der Waals surface area contributed by atoms with Crippen LogP contribution < -0.4 is 0 Å². The Hall–Kier alpha value is -3.38. The summed E-state index contributed by atoms with van der Waals surface area (Å²) in [4.78, 5) is 0. The minimum absolute atomic E-state index is 0.187. The van der Waals surface area contributed by atoms with Crippen LogP contribution in [-0.4, -0.2) is 23.4 Å². The number of hydrogen-bond acceptors (Lipinski definition) is 4. The largest absolute Gasteiger partial charge is 0.392 e. The van der Waals surface area contributed by atoms with E-state index < -0.39 is 0 Å². The average molecular weight is 424 g/mol. The van der Waals surface area contributed by atoms with Gasteiger partial charge in [0.2, 0.25) is 0 Å². The smallest absolute Gasteiger partial charge is 0.109 e. The van der Waals surface area contributed by atoms with E-state index in [0.29, 0.717) is 24.3 Å². The van der Waals surface area contributed by atoms with Gasteiger partial charge in [-0.05, 0) is 45.5 Å². The molecule has 4 rings (SSSR count). The standard InChI is InChI=1S/C28H24O4/c29-17-24-23(14-8-16-31-15-7-11-21-9-3-1-4-10-21)26-19-32-20-27(26)28(25(24)18-30)22-12-5-2-6-13-22/h1-6,9-10,12-13,29-30H,15-20H2. The van der Waals surface area contributed by atoms with Crippen molar-refractivity contribution in [3.8, 4) is 34.8 Å². The Morgan fingerprint density at radius 3 is 2.06 bits per heavy atom. The zero-order chi connectivity index (χ0) is 22.2. The van der Waals surface area contributed by atoms with Gasteiger partial charge in [-0.2, -0.15) is 0 Å². The lowest BCUT2D eigenvalue weighted by Crippen LogP contribution is -2.07. The second-order valence-electron chi connectivity index (χ2n) is 7.30. The van der Waals surface area contributed by atoms with Gasteiger partial charge in [-0.1, -0.05) is 72.2 Å². The third kappa shape index (κ3) is 4.75. The van der Waals surface area contributed by atoms with Crippen molar-refractivity contribution in [2.75, 3.05) is 13.2 Å². The molecule has 0 bridgehead atoms. The molecular formula is C28H24O4. The van der Waals surface area contributed by atoms with Crippen molar-refractivity contribution in [3.05, 3.63) is 94.0 Å². The summed E-state index contributed by atoms with van der Waals surface area (Å²) in [5, 5.41) is 20.3. The summed E-state index contributed by atoms with van der Waals surface area (Å²) >= 11 is 0. The van der Waals surface area contributed by atoms with Gasteiger partial charge in [-0.3, -0.25) is 0 Å². The number of fused-ring (bicyclic) bond motifs is 1. The highest BCUT2D eigenvalue weighted by Crippen LogP contribution is 2.39. The van der Waals surface area contributed by atoms with Crippen molar-refractivity contribution in [2.24, 2.45) is 0 Å². The Bertz CT molecular complexity index is 1190. The Morgan fingerprint density at radius 1 is 0.750 bits per heavy atom. The summed E-state index contributed by atoms with van der Waals surface area (Å²) in [6, 6.07) is 19.6. The Kier molecular flexibility index (Phi) is 7.35. The zero-order valence-corrected chi connectivity index (χ0v) is 17.7. The molecule has 32 heavy (non-hydrogen) atoms. The number of benzene rings is 3. The topological polar surface area (TPSA) is 58.9 Å². The average Bonchev–Trinajstić information content (AvgIpc) is 3.33. The maximum Gasteiger partial charge on any atom is 0.109 e. The molecule has 0 saturated carbocycles. The van der Waals surface area contributed by atoms with E-state index >= 15 is 0 Å². The van der Waals surface area contributed by atoms with Crippen molar-refractivity contribution >= 4 is 0 Å². The van der Waals surface area contributed by atoms with E-state index in [0.717, 1.165) is 33.4 Å². The van der Waals surface area contributed by atoms with Crippen LogP contribution in [0.25, 0.3) is 11.1 Å². The van der Waals surface area contributed by atoms with Crippen LogP contribution in [0.15, 0.2) is 60.7 Å². The molecule has 4 heteroatoms. The SMILES string of the molecule is OCc1c(C#CCOCC#Cc2ccccc2)c2c(c(-c3ccccc3)c1CO)COC2. The number of rotatable bonds is 5. The zero-order valence-electron chi connectivity index (χ0n) is 17.7. The first-order valence-electron chi connectivity index (χ1n) is 10.5. The summed E-state index contributed by atoms with van der Waals surface area (Å²) in [6.07, 6.45) is 0. The minimum atomic E-state index is -0.212. The van der Waals surface area contributed by atoms with Gasteiger partial charge in [0.05, 0.1) is 26.4 Å². The molecule has 0 aliphatic carbocycles. The molecule has 1 aliphatic rings. The van der Waals surface area contributed by atoms with Crippen molar-refractivity contribution in [3.63, 3.8) is 0 Å². The molecule has 3 aromatic rings. The highest BCUT2D eigenvalue weighted by molar-refractivity contribution is 5.77. The third-order valence-corrected chi connectivity index (χ3v) is 5.38. The maximum atomic E-state index is 10.2. The van der Waals surface area contributed by atoms with Crippen LogP contribution in [0.4, 0.5) is 0 Å². The van der Waals surface area contributed by atoms with Gasteiger partial charge >= 0.3 is 0 Å². The van der Waals surface area contributed by atoms with Gasteiger partial charge in [0.15, 0.2) is 0 Å². The quantitative estimate of drug-likeness (QED) is 0.483. The van der Waals surface area contributed by atoms with Crippen molar-refractivity contribution in [1.29, 1.82) is 0 Å². The molecule has 0 spiro atoms. The first-order valence-corrected chi connectivity index (χ1v) is 10.5. The molecule has 160 valence electrons. The fourth-order valence-electron chi connectivity index (χ4n) is 3.93. The molecule has 0 saturated heterocycles. The molecule has 0 amide bonds. The summed E-state index contributed by atoms with van der Waals surface area (Å²) in [6.45, 7) is 0.995. The predicted octanol–water partition coefficient (Wildman–Crippen LogP) is 3.79. The van der Waals surface area contributed by atoms with Crippen LogP contribution in [-0.2, 0) is 35.9 Å². The summed E-state index contributed by atoms with van der Waals surface area (Å²) in [5.41, 5.74) is 6.94. The van der Waals surface area contributed by atoms with Crippen LogP contribution in [0.2, 0.25) is 0 Å². The van der Waals surface area contributed by atoms with Gasteiger partial charge in [-0.25, -0.2) is 0 Å². The first kappa shape index (κ1) is 21.8. The molecule has 0 fully saturated rings. The fraction of sp³-hybridized carbons (Fsp3) is 0.214. The lowest BCUT2D eigenvalue weighted by molar-refractivity contribution is 0.134. The monoisotopic (exact) mass is 424 g/mol. The van der Waals surface area contributed by atoms with Gasteiger partial charge in [0.1, 0.15) is 13.2 Å². The Labute approximate surface area is 188 Å². The van der Waals surface area contributed by atoms with Gasteiger partial charge in [0.25, 0.3) is 0 Å². The van der Waals surface area contributed by atoms with Crippen LogP contribution in [0.3, 0.4) is 0 Å². The molecule has 2 N–H and O–H groups in total. The predicted molar refractivity (Wildman–Crippen MR) is 123 cm³/mol. The lowest BCUT2D eigenvalue weighted by Gasteiger charge is -2.19. The molecule has 0 radical (unpaired) electrons. The van der Waals surface area contributed by atoms with E-state index in [1.807, 2.05) is 60.7 Å². The number of hydrogen-bond donors (Lipinski definition) is 2. The molecule has 1 heterocycles. The summed E-state index contributed by atoms with van der Waals surface area (Å²) in [7, 11) is 0. The molecule has 0 atom stereocenters. The third-order valence-electron chi connectivity index (χ3n) is 5.38. The molecule has 3 aromatic carbocycles. The number of aliphatic hydroxyl groups is 2. The minimum Gasteiger partial charge on any atom is -0.392 e. The van der Waals surface area contributed by atoms with E-state index in [4.69, 9.17) is 9.47 Å². The normalized spacial score (nSPS) is 11.8. The maximum absolute atomic E-state index is 10.2. The van der Waals surface area contributed by atoms with E-state index in [1.165, 1.54) is 0 Å². The summed E-state index contributed by atoms with van der Waals surface area (Å²) in [5.74, 6) is 12.2. The van der Waals surface area contributed by atoms with Crippen molar-refractivity contribution < 1.29 is 19.7 Å². The molecular weight excluding hydrogens is 400 g/mol. The number of ether oxygens (including phenoxy) is 2. The highest BCUT2D eigenvalue weighted by Gasteiger charge is 2.26. The van der Waals surface area contributed by atoms with Crippen LogP contribution in [0.1, 0.15) is 33.4 Å². The van der Waals surface area contributed by atoms with E-state index in [1.54, 1.807) is 0 Å². The second-order valence-corrected chi connectivity index (χ2v) is 7.30. The van der Waals surface area contributed by atoms with Crippen LogP contribution in [0, 0.1) is 23.7 Å². The molecule has 1 aliphatic heterocycles.